The smallest absolute Gasteiger partial charge is 0.186 e. The van der Waals surface area contributed by atoms with Crippen molar-refractivity contribution in [1.29, 1.82) is 0 Å². The summed E-state index contributed by atoms with van der Waals surface area (Å²) in [6.07, 6.45) is 2.97. The highest BCUT2D eigenvalue weighted by molar-refractivity contribution is 5.43. The lowest BCUT2D eigenvalue weighted by Crippen LogP contribution is -2.12. The molecular formula is C17H20FN3. The van der Waals surface area contributed by atoms with Gasteiger partial charge < -0.3 is 5.32 Å². The highest BCUT2D eigenvalue weighted by Gasteiger charge is 2.27. The molecule has 0 bridgehead atoms. The second-order valence-electron chi connectivity index (χ2n) is 5.55. The Kier molecular flexibility index (Phi) is 3.86. The van der Waals surface area contributed by atoms with Gasteiger partial charge in [0.25, 0.3) is 0 Å². The maximum atomic E-state index is 14.1. The number of halogens is 1. The molecule has 1 aliphatic rings. The molecule has 3 rings (SSSR count). The number of aromatic nitrogens is 2. The first kappa shape index (κ1) is 14.0. The lowest BCUT2D eigenvalue weighted by atomic mass is 10.0. The zero-order valence-corrected chi connectivity index (χ0v) is 12.5. The van der Waals surface area contributed by atoms with E-state index in [0.717, 1.165) is 25.1 Å². The van der Waals surface area contributed by atoms with E-state index in [4.69, 9.17) is 0 Å². The van der Waals surface area contributed by atoms with Crippen LogP contribution in [0, 0.1) is 12.7 Å². The molecule has 0 amide bonds. The summed E-state index contributed by atoms with van der Waals surface area (Å²) in [6, 6.07) is 8.39. The number of benzene rings is 1. The fraction of sp³-hybridized carbons (Fsp3) is 0.412. The Morgan fingerprint density at radius 1 is 1.29 bits per heavy atom. The molecule has 0 fully saturated rings. The molecule has 3 nitrogen and oxygen atoms in total. The van der Waals surface area contributed by atoms with Crippen LogP contribution in [-0.2, 0) is 6.42 Å². The lowest BCUT2D eigenvalue weighted by Gasteiger charge is -2.14. The summed E-state index contributed by atoms with van der Waals surface area (Å²) in [4.78, 5) is 8.85. The minimum atomic E-state index is -0.335. The van der Waals surface area contributed by atoms with Crippen LogP contribution in [0.1, 0.15) is 48.3 Å². The molecule has 1 aliphatic carbocycles. The number of fused-ring (bicyclic) bond motifs is 1. The van der Waals surface area contributed by atoms with E-state index in [9.17, 15) is 4.39 Å². The van der Waals surface area contributed by atoms with Gasteiger partial charge in [0, 0.05) is 12.5 Å². The van der Waals surface area contributed by atoms with Crippen LogP contribution >= 0.6 is 0 Å². The van der Waals surface area contributed by atoms with Gasteiger partial charge in [-0.15, -0.1) is 0 Å². The molecule has 1 aromatic heterocycles. The third kappa shape index (κ3) is 2.62. The molecule has 1 heterocycles. The first-order valence-electron chi connectivity index (χ1n) is 7.56. The summed E-state index contributed by atoms with van der Waals surface area (Å²) >= 11 is 0. The van der Waals surface area contributed by atoms with E-state index in [1.165, 1.54) is 11.1 Å². The van der Waals surface area contributed by atoms with Crippen molar-refractivity contribution in [3.63, 3.8) is 0 Å². The zero-order valence-electron chi connectivity index (χ0n) is 12.5. The van der Waals surface area contributed by atoms with Gasteiger partial charge in [0.15, 0.2) is 11.6 Å². The van der Waals surface area contributed by atoms with Gasteiger partial charge in [-0.2, -0.15) is 0 Å². The number of rotatable bonds is 4. The Morgan fingerprint density at radius 3 is 2.90 bits per heavy atom. The minimum absolute atomic E-state index is 0.183. The molecule has 4 heteroatoms. The van der Waals surface area contributed by atoms with Crippen molar-refractivity contribution in [3.05, 3.63) is 52.7 Å². The van der Waals surface area contributed by atoms with E-state index in [-0.39, 0.29) is 11.7 Å². The van der Waals surface area contributed by atoms with Crippen molar-refractivity contribution in [2.24, 2.45) is 0 Å². The van der Waals surface area contributed by atoms with Gasteiger partial charge in [-0.1, -0.05) is 31.2 Å². The topological polar surface area (TPSA) is 37.8 Å². The number of hydrogen-bond acceptors (Lipinski definition) is 3. The highest BCUT2D eigenvalue weighted by Crippen LogP contribution is 2.37. The standard InChI is InChI=1S/C17H20FN3/c1-3-10-19-17-15(18)11(2)20-16(21-17)14-9-8-12-6-4-5-7-13(12)14/h4-7,14H,3,8-10H2,1-2H3,(H,19,20,21). The number of aryl methyl sites for hydroxylation is 2. The predicted molar refractivity (Wildman–Crippen MR) is 82.1 cm³/mol. The molecular weight excluding hydrogens is 265 g/mol. The molecule has 0 aliphatic heterocycles. The summed E-state index contributed by atoms with van der Waals surface area (Å²) in [5.74, 6) is 0.919. The summed E-state index contributed by atoms with van der Waals surface area (Å²) < 4.78 is 14.1. The van der Waals surface area contributed by atoms with Crippen LogP contribution in [0.15, 0.2) is 24.3 Å². The van der Waals surface area contributed by atoms with Crippen LogP contribution in [-0.4, -0.2) is 16.5 Å². The van der Waals surface area contributed by atoms with Crippen LogP contribution in [0.5, 0.6) is 0 Å². The Bertz CT molecular complexity index is 654. The summed E-state index contributed by atoms with van der Waals surface area (Å²) in [5, 5.41) is 3.07. The van der Waals surface area contributed by atoms with Crippen LogP contribution in [0.3, 0.4) is 0 Å². The fourth-order valence-electron chi connectivity index (χ4n) is 2.92. The minimum Gasteiger partial charge on any atom is -0.368 e. The highest BCUT2D eigenvalue weighted by atomic mass is 19.1. The van der Waals surface area contributed by atoms with Gasteiger partial charge in [0.05, 0.1) is 5.69 Å². The second-order valence-corrected chi connectivity index (χ2v) is 5.55. The summed E-state index contributed by atoms with van der Waals surface area (Å²) in [5.41, 5.74) is 3.06. The molecule has 1 atom stereocenters. The van der Waals surface area contributed by atoms with Crippen molar-refractivity contribution in [2.45, 2.75) is 39.0 Å². The SMILES string of the molecule is CCCNc1nc(C2CCc3ccccc32)nc(C)c1F. The Hall–Kier alpha value is -1.97. The van der Waals surface area contributed by atoms with E-state index in [1.54, 1.807) is 6.92 Å². The van der Waals surface area contributed by atoms with Gasteiger partial charge in [-0.3, -0.25) is 0 Å². The van der Waals surface area contributed by atoms with Crippen molar-refractivity contribution < 1.29 is 4.39 Å². The number of anilines is 1. The predicted octanol–water partition coefficient (Wildman–Crippen LogP) is 3.82. The molecule has 1 aromatic carbocycles. The fourth-order valence-corrected chi connectivity index (χ4v) is 2.92. The van der Waals surface area contributed by atoms with E-state index in [1.807, 2.05) is 13.0 Å². The van der Waals surface area contributed by atoms with Gasteiger partial charge >= 0.3 is 0 Å². The molecule has 2 aromatic rings. The van der Waals surface area contributed by atoms with E-state index in [2.05, 4.69) is 33.5 Å². The van der Waals surface area contributed by atoms with Crippen molar-refractivity contribution in [3.8, 4) is 0 Å². The molecule has 0 radical (unpaired) electrons. The van der Waals surface area contributed by atoms with Crippen molar-refractivity contribution in [1.82, 2.24) is 9.97 Å². The Labute approximate surface area is 124 Å². The molecule has 1 N–H and O–H groups in total. The summed E-state index contributed by atoms with van der Waals surface area (Å²) in [6.45, 7) is 4.47. The van der Waals surface area contributed by atoms with Crippen molar-refractivity contribution in [2.75, 3.05) is 11.9 Å². The maximum Gasteiger partial charge on any atom is 0.186 e. The van der Waals surface area contributed by atoms with Gasteiger partial charge in [0.2, 0.25) is 0 Å². The van der Waals surface area contributed by atoms with E-state index < -0.39 is 0 Å². The maximum absolute atomic E-state index is 14.1. The zero-order chi connectivity index (χ0) is 14.8. The summed E-state index contributed by atoms with van der Waals surface area (Å²) in [7, 11) is 0. The molecule has 21 heavy (non-hydrogen) atoms. The van der Waals surface area contributed by atoms with Gasteiger partial charge in [-0.25, -0.2) is 14.4 Å². The molecule has 110 valence electrons. The number of nitrogens with one attached hydrogen (secondary N) is 1. The number of nitrogens with zero attached hydrogens (tertiary/aromatic N) is 2. The van der Waals surface area contributed by atoms with E-state index >= 15 is 0 Å². The van der Waals surface area contributed by atoms with Crippen molar-refractivity contribution >= 4 is 5.82 Å². The second kappa shape index (κ2) is 5.80. The first-order valence-corrected chi connectivity index (χ1v) is 7.56. The molecule has 0 saturated heterocycles. The molecule has 0 saturated carbocycles. The third-order valence-electron chi connectivity index (χ3n) is 4.02. The first-order chi connectivity index (χ1) is 10.2. The van der Waals surface area contributed by atoms with Crippen LogP contribution in [0.2, 0.25) is 0 Å². The lowest BCUT2D eigenvalue weighted by molar-refractivity contribution is 0.593. The largest absolute Gasteiger partial charge is 0.368 e. The average molecular weight is 285 g/mol. The molecule has 0 spiro atoms. The quantitative estimate of drug-likeness (QED) is 0.928. The van der Waals surface area contributed by atoms with Crippen LogP contribution in [0.4, 0.5) is 10.2 Å². The third-order valence-corrected chi connectivity index (χ3v) is 4.02. The normalized spacial score (nSPS) is 16.8. The van der Waals surface area contributed by atoms with Gasteiger partial charge in [0.1, 0.15) is 5.82 Å². The average Bonchev–Trinajstić information content (AvgIpc) is 2.92. The van der Waals surface area contributed by atoms with E-state index in [0.29, 0.717) is 18.1 Å². The Morgan fingerprint density at radius 2 is 2.10 bits per heavy atom. The number of hydrogen-bond donors (Lipinski definition) is 1. The van der Waals surface area contributed by atoms with Crippen LogP contribution < -0.4 is 5.32 Å². The van der Waals surface area contributed by atoms with Crippen LogP contribution in [0.25, 0.3) is 0 Å². The Balaban J connectivity index is 1.98. The van der Waals surface area contributed by atoms with Gasteiger partial charge in [-0.05, 0) is 37.3 Å². The monoisotopic (exact) mass is 285 g/mol. The molecule has 1 unspecified atom stereocenters.